The molecule has 1 aliphatic carbocycles. The molecule has 0 radical (unpaired) electrons. The molecule has 0 N–H and O–H groups in total. The second-order valence-electron chi connectivity index (χ2n) is 5.64. The highest BCUT2D eigenvalue weighted by atomic mass is 16.1. The van der Waals surface area contributed by atoms with E-state index in [0.29, 0.717) is 5.78 Å². The minimum absolute atomic E-state index is 0.0968. The maximum atomic E-state index is 12.9. The minimum atomic E-state index is -0.0968. The van der Waals surface area contributed by atoms with E-state index < -0.39 is 0 Å². The first-order chi connectivity index (χ1) is 9.86. The van der Waals surface area contributed by atoms with Crippen LogP contribution in [0.15, 0.2) is 60.7 Å². The third-order valence-electron chi connectivity index (χ3n) is 4.31. The van der Waals surface area contributed by atoms with Gasteiger partial charge < -0.3 is 0 Å². The van der Waals surface area contributed by atoms with Crippen molar-refractivity contribution in [2.45, 2.75) is 31.6 Å². The van der Waals surface area contributed by atoms with Gasteiger partial charge in [-0.05, 0) is 24.0 Å². The van der Waals surface area contributed by atoms with Crippen molar-refractivity contribution in [1.82, 2.24) is 0 Å². The number of carbonyl (C=O) groups excluding carboxylic acids is 1. The van der Waals surface area contributed by atoms with Gasteiger partial charge >= 0.3 is 0 Å². The van der Waals surface area contributed by atoms with Crippen LogP contribution in [0.5, 0.6) is 0 Å². The molecule has 0 heterocycles. The van der Waals surface area contributed by atoms with Crippen LogP contribution in [0.4, 0.5) is 0 Å². The standard InChI is InChI=1S/C19H20O/c20-19(17-13-7-8-14-17)18(15-9-3-1-4-10-15)16-11-5-2-6-12-16/h1-6,9-12,17-18H,7-8,13-14H2. The van der Waals surface area contributed by atoms with E-state index in [0.717, 1.165) is 24.0 Å². The van der Waals surface area contributed by atoms with Crippen molar-refractivity contribution in [2.24, 2.45) is 5.92 Å². The van der Waals surface area contributed by atoms with Gasteiger partial charge in [0.1, 0.15) is 5.78 Å². The first-order valence-corrected chi connectivity index (χ1v) is 7.50. The van der Waals surface area contributed by atoms with Gasteiger partial charge in [-0.3, -0.25) is 4.79 Å². The van der Waals surface area contributed by atoms with E-state index in [2.05, 4.69) is 24.3 Å². The van der Waals surface area contributed by atoms with Gasteiger partial charge in [-0.15, -0.1) is 0 Å². The van der Waals surface area contributed by atoms with E-state index in [9.17, 15) is 4.79 Å². The number of rotatable bonds is 4. The van der Waals surface area contributed by atoms with Gasteiger partial charge in [0.15, 0.2) is 0 Å². The van der Waals surface area contributed by atoms with Gasteiger partial charge in [0.05, 0.1) is 5.92 Å². The molecular formula is C19H20O. The third-order valence-corrected chi connectivity index (χ3v) is 4.31. The quantitative estimate of drug-likeness (QED) is 0.790. The normalized spacial score (nSPS) is 15.7. The van der Waals surface area contributed by atoms with Gasteiger partial charge in [-0.1, -0.05) is 73.5 Å². The van der Waals surface area contributed by atoms with Gasteiger partial charge in [-0.25, -0.2) is 0 Å². The lowest BCUT2D eigenvalue weighted by Gasteiger charge is -2.20. The number of Topliss-reactive ketones (excluding diaryl/α,β-unsaturated/α-hetero) is 1. The van der Waals surface area contributed by atoms with Crippen molar-refractivity contribution in [2.75, 3.05) is 0 Å². The number of carbonyl (C=O) groups is 1. The summed E-state index contributed by atoms with van der Waals surface area (Å²) < 4.78 is 0. The Bertz CT molecular complexity index is 513. The molecule has 1 nitrogen and oxygen atoms in total. The first kappa shape index (κ1) is 13.1. The summed E-state index contributed by atoms with van der Waals surface area (Å²) in [6.07, 6.45) is 4.53. The van der Waals surface area contributed by atoms with Crippen molar-refractivity contribution >= 4 is 5.78 Å². The van der Waals surface area contributed by atoms with Gasteiger partial charge in [0, 0.05) is 5.92 Å². The predicted octanol–water partition coefficient (Wildman–Crippen LogP) is 4.58. The van der Waals surface area contributed by atoms with Crippen molar-refractivity contribution in [3.63, 3.8) is 0 Å². The van der Waals surface area contributed by atoms with Crippen molar-refractivity contribution in [3.05, 3.63) is 71.8 Å². The zero-order chi connectivity index (χ0) is 13.8. The molecule has 0 unspecified atom stereocenters. The molecule has 0 bridgehead atoms. The fourth-order valence-electron chi connectivity index (χ4n) is 3.26. The molecule has 0 atom stereocenters. The van der Waals surface area contributed by atoms with Crippen LogP contribution in [-0.4, -0.2) is 5.78 Å². The molecule has 102 valence electrons. The highest BCUT2D eigenvalue weighted by Crippen LogP contribution is 2.34. The van der Waals surface area contributed by atoms with Crippen LogP contribution in [0, 0.1) is 5.92 Å². The number of hydrogen-bond donors (Lipinski definition) is 0. The molecule has 1 fully saturated rings. The zero-order valence-electron chi connectivity index (χ0n) is 11.7. The monoisotopic (exact) mass is 264 g/mol. The smallest absolute Gasteiger partial charge is 0.147 e. The Morgan fingerprint density at radius 1 is 0.800 bits per heavy atom. The van der Waals surface area contributed by atoms with E-state index in [1.165, 1.54) is 12.8 Å². The van der Waals surface area contributed by atoms with Crippen LogP contribution in [0.1, 0.15) is 42.7 Å². The number of benzene rings is 2. The molecule has 0 amide bonds. The largest absolute Gasteiger partial charge is 0.298 e. The fraction of sp³-hybridized carbons (Fsp3) is 0.316. The highest BCUT2D eigenvalue weighted by Gasteiger charge is 2.31. The summed E-state index contributed by atoms with van der Waals surface area (Å²) in [4.78, 5) is 12.9. The average molecular weight is 264 g/mol. The van der Waals surface area contributed by atoms with Gasteiger partial charge in [-0.2, -0.15) is 0 Å². The van der Waals surface area contributed by atoms with E-state index in [1.54, 1.807) is 0 Å². The Kier molecular flexibility index (Phi) is 3.96. The molecule has 0 aromatic heterocycles. The Morgan fingerprint density at radius 3 is 1.70 bits per heavy atom. The van der Waals surface area contributed by atoms with Crippen LogP contribution in [0.25, 0.3) is 0 Å². The van der Waals surface area contributed by atoms with Crippen molar-refractivity contribution in [1.29, 1.82) is 0 Å². The van der Waals surface area contributed by atoms with Crippen LogP contribution >= 0.6 is 0 Å². The Labute approximate surface area is 120 Å². The zero-order valence-corrected chi connectivity index (χ0v) is 11.7. The Morgan fingerprint density at radius 2 is 1.25 bits per heavy atom. The van der Waals surface area contributed by atoms with E-state index in [4.69, 9.17) is 0 Å². The molecule has 1 saturated carbocycles. The topological polar surface area (TPSA) is 17.1 Å². The summed E-state index contributed by atoms with van der Waals surface area (Å²) >= 11 is 0. The second-order valence-corrected chi connectivity index (χ2v) is 5.64. The Hall–Kier alpha value is -1.89. The molecule has 2 aromatic rings. The molecule has 1 aliphatic rings. The summed E-state index contributed by atoms with van der Waals surface area (Å²) in [6.45, 7) is 0. The van der Waals surface area contributed by atoms with Crippen LogP contribution in [-0.2, 0) is 4.79 Å². The van der Waals surface area contributed by atoms with Crippen molar-refractivity contribution < 1.29 is 4.79 Å². The van der Waals surface area contributed by atoms with Crippen molar-refractivity contribution in [3.8, 4) is 0 Å². The lowest BCUT2D eigenvalue weighted by Crippen LogP contribution is -2.21. The lowest BCUT2D eigenvalue weighted by molar-refractivity contribution is -0.123. The molecule has 3 rings (SSSR count). The summed E-state index contributed by atoms with van der Waals surface area (Å²) in [5.74, 6) is 0.556. The number of ketones is 1. The third kappa shape index (κ3) is 2.67. The molecule has 2 aromatic carbocycles. The van der Waals surface area contributed by atoms with E-state index >= 15 is 0 Å². The van der Waals surface area contributed by atoms with Crippen LogP contribution in [0.3, 0.4) is 0 Å². The lowest BCUT2D eigenvalue weighted by atomic mass is 9.82. The molecule has 0 saturated heterocycles. The first-order valence-electron chi connectivity index (χ1n) is 7.50. The number of hydrogen-bond acceptors (Lipinski definition) is 1. The molecule has 0 aliphatic heterocycles. The maximum absolute atomic E-state index is 12.9. The molecule has 20 heavy (non-hydrogen) atoms. The van der Waals surface area contributed by atoms with E-state index in [-0.39, 0.29) is 11.8 Å². The highest BCUT2D eigenvalue weighted by molar-refractivity contribution is 5.91. The van der Waals surface area contributed by atoms with Gasteiger partial charge in [0.2, 0.25) is 0 Å². The average Bonchev–Trinajstić information content (AvgIpc) is 3.04. The summed E-state index contributed by atoms with van der Waals surface area (Å²) in [5, 5.41) is 0. The van der Waals surface area contributed by atoms with E-state index in [1.807, 2.05) is 36.4 Å². The van der Waals surface area contributed by atoms with Gasteiger partial charge in [0.25, 0.3) is 0 Å². The minimum Gasteiger partial charge on any atom is -0.298 e. The second kappa shape index (κ2) is 6.04. The molecular weight excluding hydrogens is 244 g/mol. The maximum Gasteiger partial charge on any atom is 0.147 e. The summed E-state index contributed by atoms with van der Waals surface area (Å²) in [6, 6.07) is 20.4. The summed E-state index contributed by atoms with van der Waals surface area (Å²) in [7, 11) is 0. The summed E-state index contributed by atoms with van der Waals surface area (Å²) in [5.41, 5.74) is 2.24. The predicted molar refractivity (Wildman–Crippen MR) is 81.7 cm³/mol. The van der Waals surface area contributed by atoms with Crippen LogP contribution < -0.4 is 0 Å². The molecule has 0 spiro atoms. The Balaban J connectivity index is 1.97. The van der Waals surface area contributed by atoms with Crippen LogP contribution in [0.2, 0.25) is 0 Å². The molecule has 1 heteroatoms. The fourth-order valence-corrected chi connectivity index (χ4v) is 3.26. The SMILES string of the molecule is O=C(C1CCCC1)C(c1ccccc1)c1ccccc1.